The first-order chi connectivity index (χ1) is 30.2. The molecule has 0 aromatic carbocycles. The van der Waals surface area contributed by atoms with Crippen molar-refractivity contribution >= 4 is 5.91 Å². The van der Waals surface area contributed by atoms with Crippen molar-refractivity contribution in [1.29, 1.82) is 0 Å². The second-order valence-corrected chi connectivity index (χ2v) is 17.9. The first-order valence-electron chi connectivity index (χ1n) is 26.7. The lowest BCUT2D eigenvalue weighted by Crippen LogP contribution is -2.45. The summed E-state index contributed by atoms with van der Waals surface area (Å²) in [5, 5.41) is 23.1. The van der Waals surface area contributed by atoms with Gasteiger partial charge in [-0.05, 0) is 57.8 Å². The van der Waals surface area contributed by atoms with Gasteiger partial charge >= 0.3 is 0 Å². The highest BCUT2D eigenvalue weighted by Gasteiger charge is 2.17. The summed E-state index contributed by atoms with van der Waals surface area (Å²) in [6, 6.07) is -0.657. The monoisotopic (exact) mass is 850 g/mol. The maximum Gasteiger partial charge on any atom is 0.220 e. The number of carbonyl (C=O) groups excluding carboxylic acids is 1. The minimum atomic E-state index is -0.867. The Morgan fingerprint density at radius 3 is 1.07 bits per heavy atom. The van der Waals surface area contributed by atoms with Crippen LogP contribution in [0.5, 0.6) is 0 Å². The Balaban J connectivity index is 3.52. The maximum absolute atomic E-state index is 12.4. The molecule has 0 heterocycles. The van der Waals surface area contributed by atoms with Gasteiger partial charge in [0.15, 0.2) is 0 Å². The third-order valence-electron chi connectivity index (χ3n) is 11.9. The first kappa shape index (κ1) is 58.8. The van der Waals surface area contributed by atoms with Crippen molar-refractivity contribution in [2.75, 3.05) is 6.61 Å². The molecule has 2 atom stereocenters. The fraction of sp³-hybridized carbons (Fsp3) is 0.772. The van der Waals surface area contributed by atoms with Gasteiger partial charge in [0, 0.05) is 6.42 Å². The quantitative estimate of drug-likeness (QED) is 0.0422. The predicted molar refractivity (Wildman–Crippen MR) is 271 cm³/mol. The largest absolute Gasteiger partial charge is 0.394 e. The molecule has 0 aliphatic carbocycles. The van der Waals surface area contributed by atoms with E-state index >= 15 is 0 Å². The molecule has 0 spiro atoms. The van der Waals surface area contributed by atoms with E-state index in [0.717, 1.165) is 57.8 Å². The number of unbranched alkanes of at least 4 members (excludes halogenated alkanes) is 31. The van der Waals surface area contributed by atoms with Crippen LogP contribution in [0.25, 0.3) is 0 Å². The Labute approximate surface area is 380 Å². The van der Waals surface area contributed by atoms with E-state index < -0.39 is 12.1 Å². The van der Waals surface area contributed by atoms with Gasteiger partial charge in [-0.25, -0.2) is 0 Å². The van der Waals surface area contributed by atoms with E-state index in [9.17, 15) is 15.0 Å². The topological polar surface area (TPSA) is 69.6 Å². The van der Waals surface area contributed by atoms with Crippen LogP contribution in [0.4, 0.5) is 0 Å². The molecule has 0 fully saturated rings. The van der Waals surface area contributed by atoms with Crippen LogP contribution in [0.3, 0.4) is 0 Å². The molecular formula is C57H103NO3. The van der Waals surface area contributed by atoms with Gasteiger partial charge in [0.1, 0.15) is 0 Å². The summed E-state index contributed by atoms with van der Waals surface area (Å²) in [4.78, 5) is 12.4. The number of aliphatic hydroxyl groups is 2. The van der Waals surface area contributed by atoms with E-state index in [2.05, 4.69) is 79.9 Å². The van der Waals surface area contributed by atoms with Gasteiger partial charge in [0.05, 0.1) is 18.8 Å². The van der Waals surface area contributed by atoms with Gasteiger partial charge in [-0.15, -0.1) is 0 Å². The van der Waals surface area contributed by atoms with Crippen molar-refractivity contribution in [2.24, 2.45) is 0 Å². The van der Waals surface area contributed by atoms with E-state index in [-0.39, 0.29) is 12.5 Å². The molecule has 4 heteroatoms. The maximum atomic E-state index is 12.4. The number of rotatable bonds is 48. The molecule has 0 radical (unpaired) electrons. The Hall–Kier alpha value is -2.17. The van der Waals surface area contributed by atoms with Crippen LogP contribution in [0.15, 0.2) is 72.9 Å². The van der Waals surface area contributed by atoms with Crippen LogP contribution in [0.1, 0.15) is 264 Å². The number of nitrogens with one attached hydrogen (secondary N) is 1. The highest BCUT2D eigenvalue weighted by atomic mass is 16.3. The summed E-state index contributed by atoms with van der Waals surface area (Å²) in [5.74, 6) is -0.120. The molecule has 0 aromatic heterocycles. The van der Waals surface area contributed by atoms with Crippen molar-refractivity contribution in [1.82, 2.24) is 5.32 Å². The minimum Gasteiger partial charge on any atom is -0.394 e. The summed E-state index contributed by atoms with van der Waals surface area (Å²) in [6.45, 7) is 4.18. The van der Waals surface area contributed by atoms with Crippen molar-refractivity contribution in [3.8, 4) is 0 Å². The van der Waals surface area contributed by atoms with E-state index in [1.54, 1.807) is 6.08 Å². The van der Waals surface area contributed by atoms with E-state index in [1.807, 2.05) is 6.08 Å². The van der Waals surface area contributed by atoms with Gasteiger partial charge in [-0.2, -0.15) is 0 Å². The van der Waals surface area contributed by atoms with Crippen molar-refractivity contribution in [3.63, 3.8) is 0 Å². The lowest BCUT2D eigenvalue weighted by Gasteiger charge is -2.19. The second-order valence-electron chi connectivity index (χ2n) is 17.9. The molecule has 0 bridgehead atoms. The van der Waals surface area contributed by atoms with E-state index in [0.29, 0.717) is 6.42 Å². The molecule has 0 saturated carbocycles. The average Bonchev–Trinajstić information content (AvgIpc) is 3.26. The van der Waals surface area contributed by atoms with Crippen LogP contribution in [-0.4, -0.2) is 34.9 Å². The standard InChI is InChI=1S/C57H103NO3/c1-3-5-7-9-11-13-15-17-19-21-22-23-24-25-26-27-28-29-30-31-32-33-34-35-37-38-40-42-44-46-48-50-52-56(60)55(54-59)58-57(61)53-51-49-47-45-43-41-39-36-20-18-16-14-12-10-8-6-4-2/h6,8,12,14,18,20,39,41,45,47,50,52,55-56,59-60H,3-5,7,9-11,13,15-17,19,21-38,40,42-44,46,48-49,51,53-54H2,1-2H3,(H,58,61)/b8-6-,14-12-,20-18-,41-39-,47-45-,52-50+. The lowest BCUT2D eigenvalue weighted by atomic mass is 10.0. The summed E-state index contributed by atoms with van der Waals surface area (Å²) >= 11 is 0. The second kappa shape index (κ2) is 52.2. The van der Waals surface area contributed by atoms with Gasteiger partial charge in [0.2, 0.25) is 5.91 Å². The number of hydrogen-bond acceptors (Lipinski definition) is 3. The predicted octanol–water partition coefficient (Wildman–Crippen LogP) is 17.4. The fourth-order valence-electron chi connectivity index (χ4n) is 7.92. The van der Waals surface area contributed by atoms with Crippen molar-refractivity contribution in [2.45, 2.75) is 276 Å². The van der Waals surface area contributed by atoms with E-state index in [1.165, 1.54) is 186 Å². The van der Waals surface area contributed by atoms with Crippen LogP contribution in [0.2, 0.25) is 0 Å². The molecule has 0 aliphatic rings. The first-order valence-corrected chi connectivity index (χ1v) is 26.7. The Bertz CT molecular complexity index is 1050. The third kappa shape index (κ3) is 48.7. The fourth-order valence-corrected chi connectivity index (χ4v) is 7.92. The summed E-state index contributed by atoms with van der Waals surface area (Å²) < 4.78 is 0. The summed E-state index contributed by atoms with van der Waals surface area (Å²) in [5.41, 5.74) is 0. The molecule has 61 heavy (non-hydrogen) atoms. The summed E-state index contributed by atoms with van der Waals surface area (Å²) in [6.07, 6.45) is 75.0. The number of hydrogen-bond donors (Lipinski definition) is 3. The SMILES string of the molecule is CC/C=C\C/C=C\C/C=C\C/C=C\C/C=C\CCCC(=O)NC(CO)C(O)/C=C/CCCCCCCCCCCCCCCCCCCCCCCCCCCCCCCC. The zero-order chi connectivity index (χ0) is 44.2. The highest BCUT2D eigenvalue weighted by Crippen LogP contribution is 2.17. The normalized spacial score (nSPS) is 13.4. The van der Waals surface area contributed by atoms with Crippen molar-refractivity contribution in [3.05, 3.63) is 72.9 Å². The molecular weight excluding hydrogens is 747 g/mol. The summed E-state index contributed by atoms with van der Waals surface area (Å²) in [7, 11) is 0. The molecule has 0 rings (SSSR count). The number of aliphatic hydroxyl groups excluding tert-OH is 2. The highest BCUT2D eigenvalue weighted by molar-refractivity contribution is 5.76. The van der Waals surface area contributed by atoms with Crippen LogP contribution in [-0.2, 0) is 4.79 Å². The molecule has 4 nitrogen and oxygen atoms in total. The molecule has 1 amide bonds. The van der Waals surface area contributed by atoms with E-state index in [4.69, 9.17) is 0 Å². The molecule has 0 saturated heterocycles. The van der Waals surface area contributed by atoms with Crippen LogP contribution < -0.4 is 5.32 Å². The van der Waals surface area contributed by atoms with Crippen LogP contribution >= 0.6 is 0 Å². The molecule has 2 unspecified atom stereocenters. The zero-order valence-corrected chi connectivity index (χ0v) is 40.7. The average molecular weight is 850 g/mol. The Kier molecular flexibility index (Phi) is 50.3. The number of carbonyl (C=O) groups is 1. The zero-order valence-electron chi connectivity index (χ0n) is 40.7. The molecule has 354 valence electrons. The molecule has 0 aromatic rings. The minimum absolute atomic E-state index is 0.120. The smallest absolute Gasteiger partial charge is 0.220 e. The van der Waals surface area contributed by atoms with Gasteiger partial charge in [0.25, 0.3) is 0 Å². The lowest BCUT2D eigenvalue weighted by molar-refractivity contribution is -0.122. The van der Waals surface area contributed by atoms with Crippen molar-refractivity contribution < 1.29 is 15.0 Å². The van der Waals surface area contributed by atoms with Crippen LogP contribution in [0, 0.1) is 0 Å². The molecule has 0 aliphatic heterocycles. The Morgan fingerprint density at radius 1 is 0.410 bits per heavy atom. The molecule has 3 N–H and O–H groups in total. The third-order valence-corrected chi connectivity index (χ3v) is 11.9. The van der Waals surface area contributed by atoms with Gasteiger partial charge in [-0.1, -0.05) is 273 Å². The number of amides is 1. The number of allylic oxidation sites excluding steroid dienone is 11. The van der Waals surface area contributed by atoms with Gasteiger partial charge < -0.3 is 15.5 Å². The van der Waals surface area contributed by atoms with Gasteiger partial charge in [-0.3, -0.25) is 4.79 Å². The Morgan fingerprint density at radius 2 is 0.721 bits per heavy atom.